The first-order valence-corrected chi connectivity index (χ1v) is 7.71. The fourth-order valence-electron chi connectivity index (χ4n) is 1.75. The molecule has 0 aliphatic carbocycles. The van der Waals surface area contributed by atoms with Gasteiger partial charge < -0.3 is 9.64 Å². The first kappa shape index (κ1) is 16.0. The second-order valence-electron chi connectivity index (χ2n) is 4.25. The SMILES string of the molecule is CCN(CC)C(=O)COC(=O)c1csc(-c2ncccn2)n1. The van der Waals surface area contributed by atoms with Crippen LogP contribution in [-0.2, 0) is 9.53 Å². The average Bonchev–Trinajstić information content (AvgIpc) is 3.04. The molecule has 8 heteroatoms. The van der Waals surface area contributed by atoms with Crippen LogP contribution >= 0.6 is 11.3 Å². The number of esters is 1. The van der Waals surface area contributed by atoms with Crippen LogP contribution in [0.3, 0.4) is 0 Å². The highest BCUT2D eigenvalue weighted by Gasteiger charge is 2.17. The van der Waals surface area contributed by atoms with Gasteiger partial charge in [-0.25, -0.2) is 19.7 Å². The molecule has 2 rings (SSSR count). The number of carbonyl (C=O) groups is 2. The van der Waals surface area contributed by atoms with Gasteiger partial charge in [-0.2, -0.15) is 0 Å². The summed E-state index contributed by atoms with van der Waals surface area (Å²) in [6.45, 7) is 4.62. The Balaban J connectivity index is 1.97. The monoisotopic (exact) mass is 320 g/mol. The van der Waals surface area contributed by atoms with E-state index in [4.69, 9.17) is 4.74 Å². The number of amides is 1. The minimum atomic E-state index is -0.626. The maximum Gasteiger partial charge on any atom is 0.358 e. The predicted molar refractivity (Wildman–Crippen MR) is 81.4 cm³/mol. The van der Waals surface area contributed by atoms with Gasteiger partial charge in [-0.05, 0) is 19.9 Å². The molecule has 0 aliphatic rings. The smallest absolute Gasteiger partial charge is 0.358 e. The van der Waals surface area contributed by atoms with Crippen LogP contribution < -0.4 is 0 Å². The molecule has 2 aromatic rings. The van der Waals surface area contributed by atoms with Crippen LogP contribution in [0.1, 0.15) is 24.3 Å². The van der Waals surface area contributed by atoms with Gasteiger partial charge in [-0.1, -0.05) is 0 Å². The number of hydrogen-bond donors (Lipinski definition) is 0. The van der Waals surface area contributed by atoms with Crippen LogP contribution in [0.4, 0.5) is 0 Å². The molecule has 0 radical (unpaired) electrons. The van der Waals surface area contributed by atoms with Crippen LogP contribution in [0.2, 0.25) is 0 Å². The molecule has 0 aromatic carbocycles. The Morgan fingerprint density at radius 2 is 1.91 bits per heavy atom. The summed E-state index contributed by atoms with van der Waals surface area (Å²) in [4.78, 5) is 37.5. The summed E-state index contributed by atoms with van der Waals surface area (Å²) in [6.07, 6.45) is 3.20. The van der Waals surface area contributed by atoms with Crippen molar-refractivity contribution in [1.82, 2.24) is 19.9 Å². The van der Waals surface area contributed by atoms with Crippen molar-refractivity contribution in [1.29, 1.82) is 0 Å². The van der Waals surface area contributed by atoms with Crippen molar-refractivity contribution in [2.45, 2.75) is 13.8 Å². The van der Waals surface area contributed by atoms with Crippen molar-refractivity contribution in [2.75, 3.05) is 19.7 Å². The van der Waals surface area contributed by atoms with Crippen molar-refractivity contribution in [3.05, 3.63) is 29.5 Å². The molecule has 0 aliphatic heterocycles. The zero-order valence-corrected chi connectivity index (χ0v) is 13.2. The Kier molecular flexibility index (Phi) is 5.54. The number of thiazole rings is 1. The Bertz CT molecular complexity index is 641. The summed E-state index contributed by atoms with van der Waals surface area (Å²) in [6, 6.07) is 1.70. The number of likely N-dealkylation sites (N-methyl/N-ethyl adjacent to an activating group) is 1. The molecule has 0 unspecified atom stereocenters. The summed E-state index contributed by atoms with van der Waals surface area (Å²) in [5.74, 6) is -0.398. The van der Waals surface area contributed by atoms with Gasteiger partial charge in [-0.3, -0.25) is 4.79 Å². The van der Waals surface area contributed by atoms with E-state index in [2.05, 4.69) is 15.0 Å². The van der Waals surface area contributed by atoms with Gasteiger partial charge in [0.1, 0.15) is 0 Å². The molecule has 116 valence electrons. The number of nitrogens with zero attached hydrogens (tertiary/aromatic N) is 4. The van der Waals surface area contributed by atoms with Gasteiger partial charge in [-0.15, -0.1) is 11.3 Å². The first-order chi connectivity index (χ1) is 10.7. The normalized spacial score (nSPS) is 10.3. The molecule has 0 bridgehead atoms. The van der Waals surface area contributed by atoms with Gasteiger partial charge in [0.25, 0.3) is 5.91 Å². The Morgan fingerprint density at radius 1 is 1.23 bits per heavy atom. The van der Waals surface area contributed by atoms with E-state index in [1.807, 2.05) is 13.8 Å². The molecule has 1 amide bonds. The van der Waals surface area contributed by atoms with E-state index in [1.165, 1.54) is 11.3 Å². The van der Waals surface area contributed by atoms with Gasteiger partial charge in [0.15, 0.2) is 23.1 Å². The van der Waals surface area contributed by atoms with E-state index in [0.29, 0.717) is 23.9 Å². The quantitative estimate of drug-likeness (QED) is 0.752. The minimum absolute atomic E-state index is 0.153. The maximum atomic E-state index is 11.9. The predicted octanol–water partition coefficient (Wildman–Crippen LogP) is 1.63. The summed E-state index contributed by atoms with van der Waals surface area (Å²) in [5, 5.41) is 2.10. The van der Waals surface area contributed by atoms with Gasteiger partial charge in [0.05, 0.1) is 0 Å². The van der Waals surface area contributed by atoms with E-state index in [0.717, 1.165) is 0 Å². The lowest BCUT2D eigenvalue weighted by Crippen LogP contribution is -2.34. The molecule has 0 fully saturated rings. The number of rotatable bonds is 6. The molecule has 0 N–H and O–H groups in total. The number of ether oxygens (including phenoxy) is 1. The highest BCUT2D eigenvalue weighted by atomic mass is 32.1. The molecule has 2 aromatic heterocycles. The van der Waals surface area contributed by atoms with Crippen molar-refractivity contribution in [3.8, 4) is 10.8 Å². The van der Waals surface area contributed by atoms with Gasteiger partial charge in [0.2, 0.25) is 0 Å². The largest absolute Gasteiger partial charge is 0.451 e. The lowest BCUT2D eigenvalue weighted by atomic mass is 10.4. The third kappa shape index (κ3) is 3.85. The second-order valence-corrected chi connectivity index (χ2v) is 5.11. The first-order valence-electron chi connectivity index (χ1n) is 6.83. The molecule has 0 saturated heterocycles. The fourth-order valence-corrected chi connectivity index (χ4v) is 2.48. The molecule has 0 atom stereocenters. The van der Waals surface area contributed by atoms with E-state index in [9.17, 15) is 9.59 Å². The Labute approximate surface area is 132 Å². The van der Waals surface area contributed by atoms with Gasteiger partial charge >= 0.3 is 5.97 Å². The zero-order valence-electron chi connectivity index (χ0n) is 12.4. The third-order valence-electron chi connectivity index (χ3n) is 2.91. The fraction of sp³-hybridized carbons (Fsp3) is 0.357. The molecule has 0 saturated carbocycles. The lowest BCUT2D eigenvalue weighted by molar-refractivity contribution is -0.134. The second kappa shape index (κ2) is 7.60. The van der Waals surface area contributed by atoms with Crippen LogP contribution in [0.15, 0.2) is 23.8 Å². The van der Waals surface area contributed by atoms with Gasteiger partial charge in [0, 0.05) is 30.9 Å². The summed E-state index contributed by atoms with van der Waals surface area (Å²) in [7, 11) is 0. The third-order valence-corrected chi connectivity index (χ3v) is 3.75. The van der Waals surface area contributed by atoms with Crippen molar-refractivity contribution in [2.24, 2.45) is 0 Å². The number of hydrogen-bond acceptors (Lipinski definition) is 7. The van der Waals surface area contributed by atoms with Crippen molar-refractivity contribution < 1.29 is 14.3 Å². The van der Waals surface area contributed by atoms with Crippen molar-refractivity contribution in [3.63, 3.8) is 0 Å². The maximum absolute atomic E-state index is 11.9. The highest BCUT2D eigenvalue weighted by molar-refractivity contribution is 7.13. The van der Waals surface area contributed by atoms with Crippen LogP contribution in [0.5, 0.6) is 0 Å². The minimum Gasteiger partial charge on any atom is -0.451 e. The lowest BCUT2D eigenvalue weighted by Gasteiger charge is -2.17. The molecule has 2 heterocycles. The van der Waals surface area contributed by atoms with Crippen LogP contribution in [-0.4, -0.2) is 51.4 Å². The molecule has 22 heavy (non-hydrogen) atoms. The topological polar surface area (TPSA) is 85.3 Å². The standard InChI is InChI=1S/C14H16N4O3S/c1-3-18(4-2)11(19)8-21-14(20)10-9-22-13(17-10)12-15-6-5-7-16-12/h5-7,9H,3-4,8H2,1-2H3. The van der Waals surface area contributed by atoms with Crippen molar-refractivity contribution >= 4 is 23.2 Å². The number of aromatic nitrogens is 3. The van der Waals surface area contributed by atoms with E-state index in [1.54, 1.807) is 28.7 Å². The Morgan fingerprint density at radius 3 is 2.55 bits per heavy atom. The zero-order chi connectivity index (χ0) is 15.9. The molecular weight excluding hydrogens is 304 g/mol. The molecular formula is C14H16N4O3S. The van der Waals surface area contributed by atoms with E-state index >= 15 is 0 Å². The summed E-state index contributed by atoms with van der Waals surface area (Å²) in [5.41, 5.74) is 0.153. The summed E-state index contributed by atoms with van der Waals surface area (Å²) >= 11 is 1.25. The highest BCUT2D eigenvalue weighted by Crippen LogP contribution is 2.19. The Hall–Kier alpha value is -2.35. The van der Waals surface area contributed by atoms with Crippen LogP contribution in [0.25, 0.3) is 10.8 Å². The molecule has 7 nitrogen and oxygen atoms in total. The average molecular weight is 320 g/mol. The molecule has 0 spiro atoms. The van der Waals surface area contributed by atoms with E-state index in [-0.39, 0.29) is 18.2 Å². The van der Waals surface area contributed by atoms with E-state index < -0.39 is 5.97 Å². The summed E-state index contributed by atoms with van der Waals surface area (Å²) < 4.78 is 5.00. The number of carbonyl (C=O) groups excluding carboxylic acids is 2. The van der Waals surface area contributed by atoms with Crippen LogP contribution in [0, 0.1) is 0 Å².